The van der Waals surface area contributed by atoms with Crippen molar-refractivity contribution in [3.05, 3.63) is 60.8 Å². The van der Waals surface area contributed by atoms with Crippen LogP contribution in [0.4, 0.5) is 0 Å². The van der Waals surface area contributed by atoms with E-state index in [9.17, 15) is 19.5 Å². The fourth-order valence-electron chi connectivity index (χ4n) is 8.14. The standard InChI is InChI=1S/C59H105NO7/c1-6-8-10-12-14-16-18-20-22-24-26-28-30-32-34-36-38-40-42-44-46-48-50-58(62)67-55(53-65-52-51-56(59(63)64)60(3,4)5)54-66-57(61)49-47-45-43-41-39-37-35-33-31-29-27-25-23-21-19-17-15-13-11-9-7-2/h9,11,14-17,20,22,26,28,55-56H,6-8,10,12-13,18-19,21,23-25,27,29-54H2,1-5H3/p+1/b11-9+,16-14+,17-15+,22-20+,28-26+. The summed E-state index contributed by atoms with van der Waals surface area (Å²) in [6, 6.07) is -0.618. The van der Waals surface area contributed by atoms with Crippen LogP contribution in [-0.2, 0) is 28.6 Å². The normalized spacial score (nSPS) is 13.3. The molecule has 0 aromatic rings. The van der Waals surface area contributed by atoms with Crippen molar-refractivity contribution in [1.29, 1.82) is 0 Å². The largest absolute Gasteiger partial charge is 0.477 e. The van der Waals surface area contributed by atoms with Crippen molar-refractivity contribution in [3.8, 4) is 0 Å². The Hall–Kier alpha value is -2.97. The number of hydrogen-bond acceptors (Lipinski definition) is 6. The Balaban J connectivity index is 4.19. The average molecular weight is 941 g/mol. The lowest BCUT2D eigenvalue weighted by atomic mass is 10.0. The number of unbranched alkanes of at least 4 members (excludes halogenated alkanes) is 26. The molecule has 0 saturated heterocycles. The Labute approximate surface area is 413 Å². The second kappa shape index (κ2) is 49.5. The number of aliphatic carboxylic acids is 1. The van der Waals surface area contributed by atoms with Crippen LogP contribution in [0.3, 0.4) is 0 Å². The summed E-state index contributed by atoms with van der Waals surface area (Å²) in [5, 5.41) is 9.67. The SMILES string of the molecule is CC/C=C/C/C=C/CCCCCCCCCCCCCCCCC(=O)OCC(COCCC(C(=O)O)[N+](C)(C)C)OC(=O)CCCCCCCCCCC/C=C/C/C=C/C/C=C/CCCCC. The molecule has 0 heterocycles. The Morgan fingerprint density at radius 2 is 0.836 bits per heavy atom. The van der Waals surface area contributed by atoms with Crippen LogP contribution in [0.1, 0.15) is 245 Å². The zero-order chi connectivity index (χ0) is 49.2. The first-order valence-electron chi connectivity index (χ1n) is 27.8. The number of esters is 2. The number of carboxylic acid groups (broad SMARTS) is 1. The summed E-state index contributed by atoms with van der Waals surface area (Å²) >= 11 is 0. The highest BCUT2D eigenvalue weighted by molar-refractivity contribution is 5.72. The molecule has 2 unspecified atom stereocenters. The summed E-state index contributed by atoms with van der Waals surface area (Å²) in [6.07, 6.45) is 62.7. The van der Waals surface area contributed by atoms with Crippen LogP contribution in [-0.4, -0.2) is 80.6 Å². The minimum absolute atomic E-state index is 0.0533. The van der Waals surface area contributed by atoms with Crippen LogP contribution in [0.15, 0.2) is 60.8 Å². The fraction of sp³-hybridized carbons (Fsp3) is 0.780. The van der Waals surface area contributed by atoms with E-state index in [2.05, 4.69) is 74.6 Å². The molecule has 0 fully saturated rings. The van der Waals surface area contributed by atoms with Gasteiger partial charge in [0, 0.05) is 19.3 Å². The van der Waals surface area contributed by atoms with Gasteiger partial charge in [0.05, 0.1) is 34.4 Å². The van der Waals surface area contributed by atoms with Crippen molar-refractivity contribution in [1.82, 2.24) is 0 Å². The summed E-state index contributed by atoms with van der Waals surface area (Å²) < 4.78 is 17.4. The summed E-state index contributed by atoms with van der Waals surface area (Å²) in [4.78, 5) is 37.3. The highest BCUT2D eigenvalue weighted by Crippen LogP contribution is 2.16. The molecule has 388 valence electrons. The first-order valence-corrected chi connectivity index (χ1v) is 27.8. The van der Waals surface area contributed by atoms with E-state index in [0.717, 1.165) is 70.6 Å². The molecule has 0 saturated carbocycles. The van der Waals surface area contributed by atoms with Crippen molar-refractivity contribution in [2.24, 2.45) is 0 Å². The number of carboxylic acids is 1. The van der Waals surface area contributed by atoms with Crippen molar-refractivity contribution in [2.45, 2.75) is 257 Å². The lowest BCUT2D eigenvalue weighted by Gasteiger charge is -2.31. The van der Waals surface area contributed by atoms with Crippen LogP contribution < -0.4 is 0 Å². The van der Waals surface area contributed by atoms with Gasteiger partial charge in [-0.1, -0.05) is 209 Å². The highest BCUT2D eigenvalue weighted by Gasteiger charge is 2.31. The van der Waals surface area contributed by atoms with Gasteiger partial charge in [-0.25, -0.2) is 4.79 Å². The van der Waals surface area contributed by atoms with Crippen molar-refractivity contribution in [2.75, 3.05) is 41.0 Å². The molecule has 0 amide bonds. The molecular formula is C59H106NO7+. The third-order valence-corrected chi connectivity index (χ3v) is 12.4. The average Bonchev–Trinajstić information content (AvgIpc) is 3.29. The van der Waals surface area contributed by atoms with E-state index >= 15 is 0 Å². The van der Waals surface area contributed by atoms with Crippen LogP contribution in [0.5, 0.6) is 0 Å². The Morgan fingerprint density at radius 3 is 1.24 bits per heavy atom. The highest BCUT2D eigenvalue weighted by atomic mass is 16.6. The summed E-state index contributed by atoms with van der Waals surface area (Å²) in [5.41, 5.74) is 0. The molecule has 1 N–H and O–H groups in total. The van der Waals surface area contributed by atoms with Crippen LogP contribution in [0.25, 0.3) is 0 Å². The molecule has 0 aromatic heterocycles. The number of carbonyl (C=O) groups excluding carboxylic acids is 2. The number of hydrogen-bond donors (Lipinski definition) is 1. The maximum Gasteiger partial charge on any atom is 0.362 e. The molecule has 8 heteroatoms. The van der Waals surface area contributed by atoms with Crippen LogP contribution in [0, 0.1) is 0 Å². The van der Waals surface area contributed by atoms with E-state index in [0.29, 0.717) is 19.3 Å². The third-order valence-electron chi connectivity index (χ3n) is 12.4. The van der Waals surface area contributed by atoms with Gasteiger partial charge in [0.2, 0.25) is 0 Å². The van der Waals surface area contributed by atoms with Gasteiger partial charge in [0.1, 0.15) is 6.61 Å². The van der Waals surface area contributed by atoms with Gasteiger partial charge < -0.3 is 23.8 Å². The molecule has 0 bridgehead atoms. The lowest BCUT2D eigenvalue weighted by molar-refractivity contribution is -0.887. The van der Waals surface area contributed by atoms with E-state index < -0.39 is 18.1 Å². The molecule has 0 aliphatic carbocycles. The molecule has 0 aliphatic rings. The van der Waals surface area contributed by atoms with E-state index in [1.165, 1.54) is 141 Å². The topological polar surface area (TPSA) is 99.1 Å². The first-order chi connectivity index (χ1) is 32.6. The predicted molar refractivity (Wildman–Crippen MR) is 284 cm³/mol. The van der Waals surface area contributed by atoms with Gasteiger partial charge in [0.25, 0.3) is 0 Å². The maximum absolute atomic E-state index is 12.8. The van der Waals surface area contributed by atoms with Crippen molar-refractivity contribution in [3.63, 3.8) is 0 Å². The Kier molecular flexibility index (Phi) is 47.3. The third kappa shape index (κ3) is 47.9. The number of quaternary nitrogens is 1. The second-order valence-corrected chi connectivity index (χ2v) is 19.8. The number of likely N-dealkylation sites (N-methyl/N-ethyl adjacent to an activating group) is 1. The zero-order valence-electron chi connectivity index (χ0n) is 44.3. The van der Waals surface area contributed by atoms with E-state index in [4.69, 9.17) is 14.2 Å². The summed E-state index contributed by atoms with van der Waals surface area (Å²) in [6.45, 7) is 4.63. The van der Waals surface area contributed by atoms with E-state index in [1.807, 2.05) is 21.1 Å². The van der Waals surface area contributed by atoms with Gasteiger partial charge >= 0.3 is 17.9 Å². The molecule has 0 spiro atoms. The quantitative estimate of drug-likeness (QED) is 0.0281. The lowest BCUT2D eigenvalue weighted by Crippen LogP contribution is -2.50. The number of carbonyl (C=O) groups is 3. The summed E-state index contributed by atoms with van der Waals surface area (Å²) in [5.74, 6) is -1.47. The van der Waals surface area contributed by atoms with E-state index in [1.54, 1.807) is 0 Å². The number of ether oxygens (including phenoxy) is 3. The molecule has 67 heavy (non-hydrogen) atoms. The van der Waals surface area contributed by atoms with Crippen molar-refractivity contribution < 1.29 is 38.2 Å². The summed E-state index contributed by atoms with van der Waals surface area (Å²) in [7, 11) is 5.54. The van der Waals surface area contributed by atoms with Gasteiger partial charge in [-0.3, -0.25) is 9.59 Å². The maximum atomic E-state index is 12.8. The van der Waals surface area contributed by atoms with Gasteiger partial charge in [-0.2, -0.15) is 0 Å². The van der Waals surface area contributed by atoms with Crippen LogP contribution in [0.2, 0.25) is 0 Å². The molecule has 0 aromatic carbocycles. The minimum atomic E-state index is -0.875. The predicted octanol–water partition coefficient (Wildman–Crippen LogP) is 16.5. The van der Waals surface area contributed by atoms with Gasteiger partial charge in [-0.05, 0) is 77.0 Å². The molecule has 0 radical (unpaired) electrons. The number of rotatable bonds is 50. The second-order valence-electron chi connectivity index (χ2n) is 19.8. The first kappa shape index (κ1) is 64.0. The molecule has 0 rings (SSSR count). The smallest absolute Gasteiger partial charge is 0.362 e. The fourth-order valence-corrected chi connectivity index (χ4v) is 8.14. The number of allylic oxidation sites excluding steroid dienone is 10. The van der Waals surface area contributed by atoms with Gasteiger partial charge in [0.15, 0.2) is 12.1 Å². The van der Waals surface area contributed by atoms with Gasteiger partial charge in [-0.15, -0.1) is 0 Å². The van der Waals surface area contributed by atoms with E-state index in [-0.39, 0.29) is 36.2 Å². The minimum Gasteiger partial charge on any atom is -0.477 e. The molecule has 2 atom stereocenters. The zero-order valence-corrected chi connectivity index (χ0v) is 44.3. The monoisotopic (exact) mass is 941 g/mol. The van der Waals surface area contributed by atoms with Crippen molar-refractivity contribution >= 4 is 17.9 Å². The molecule has 0 aliphatic heterocycles. The van der Waals surface area contributed by atoms with Crippen LogP contribution >= 0.6 is 0 Å². The Morgan fingerprint density at radius 1 is 0.463 bits per heavy atom. The number of nitrogens with zero attached hydrogens (tertiary/aromatic N) is 1. The molecular weight excluding hydrogens is 835 g/mol. The Bertz CT molecular complexity index is 1280. The molecule has 8 nitrogen and oxygen atoms in total.